The van der Waals surface area contributed by atoms with E-state index in [0.717, 1.165) is 0 Å². The van der Waals surface area contributed by atoms with Crippen LogP contribution in [-0.4, -0.2) is 19.2 Å². The lowest BCUT2D eigenvalue weighted by Crippen LogP contribution is -2.11. The van der Waals surface area contributed by atoms with Crippen LogP contribution in [0.1, 0.15) is 24.2 Å². The van der Waals surface area contributed by atoms with Gasteiger partial charge in [-0.2, -0.15) is 0 Å². The van der Waals surface area contributed by atoms with E-state index in [0.29, 0.717) is 4.47 Å². The SMILES string of the molecule is COC(=O)c1cc(Br)cc(OC(C)C)c1F. The summed E-state index contributed by atoms with van der Waals surface area (Å²) in [4.78, 5) is 11.3. The summed E-state index contributed by atoms with van der Waals surface area (Å²) in [6.45, 7) is 3.55. The Morgan fingerprint density at radius 3 is 2.56 bits per heavy atom. The average molecular weight is 291 g/mol. The van der Waals surface area contributed by atoms with Crippen LogP contribution in [0.4, 0.5) is 4.39 Å². The Morgan fingerprint density at radius 1 is 1.44 bits per heavy atom. The van der Waals surface area contributed by atoms with Gasteiger partial charge in [0.2, 0.25) is 0 Å². The van der Waals surface area contributed by atoms with Gasteiger partial charge in [-0.1, -0.05) is 15.9 Å². The fourth-order valence-electron chi connectivity index (χ4n) is 1.16. The van der Waals surface area contributed by atoms with Crippen molar-refractivity contribution in [1.82, 2.24) is 0 Å². The molecule has 0 amide bonds. The highest BCUT2D eigenvalue weighted by atomic mass is 79.9. The predicted molar refractivity (Wildman–Crippen MR) is 61.2 cm³/mol. The first-order valence-corrected chi connectivity index (χ1v) is 5.49. The van der Waals surface area contributed by atoms with E-state index in [1.165, 1.54) is 19.2 Å². The van der Waals surface area contributed by atoms with Crippen LogP contribution in [-0.2, 0) is 4.74 Å². The highest BCUT2D eigenvalue weighted by Gasteiger charge is 2.18. The van der Waals surface area contributed by atoms with Crippen molar-refractivity contribution in [1.29, 1.82) is 0 Å². The number of rotatable bonds is 3. The van der Waals surface area contributed by atoms with Gasteiger partial charge in [-0.25, -0.2) is 9.18 Å². The molecule has 1 aromatic carbocycles. The van der Waals surface area contributed by atoms with Crippen molar-refractivity contribution in [3.63, 3.8) is 0 Å². The number of hydrogen-bond acceptors (Lipinski definition) is 3. The molecule has 0 heterocycles. The number of halogens is 2. The lowest BCUT2D eigenvalue weighted by molar-refractivity contribution is 0.0593. The minimum atomic E-state index is -0.729. The molecule has 0 radical (unpaired) electrons. The minimum Gasteiger partial charge on any atom is -0.488 e. The van der Waals surface area contributed by atoms with Crippen LogP contribution < -0.4 is 4.74 Å². The second kappa shape index (κ2) is 5.30. The van der Waals surface area contributed by atoms with Crippen molar-refractivity contribution < 1.29 is 18.7 Å². The second-order valence-corrected chi connectivity index (χ2v) is 4.34. The van der Waals surface area contributed by atoms with Gasteiger partial charge in [-0.15, -0.1) is 0 Å². The van der Waals surface area contributed by atoms with E-state index in [2.05, 4.69) is 20.7 Å². The molecule has 0 bridgehead atoms. The molecule has 0 N–H and O–H groups in total. The normalized spacial score (nSPS) is 10.4. The molecule has 5 heteroatoms. The van der Waals surface area contributed by atoms with Gasteiger partial charge in [0.15, 0.2) is 11.6 Å². The van der Waals surface area contributed by atoms with Crippen LogP contribution >= 0.6 is 15.9 Å². The standard InChI is InChI=1S/C11H12BrFO3/c1-6(2)16-9-5-7(12)4-8(10(9)13)11(14)15-3/h4-6H,1-3H3. The Morgan fingerprint density at radius 2 is 2.06 bits per heavy atom. The van der Waals surface area contributed by atoms with Crippen molar-refractivity contribution in [2.24, 2.45) is 0 Å². The lowest BCUT2D eigenvalue weighted by atomic mass is 10.2. The summed E-state index contributed by atoms with van der Waals surface area (Å²) in [5.74, 6) is -1.40. The Hall–Kier alpha value is -1.10. The monoisotopic (exact) mass is 290 g/mol. The maximum atomic E-state index is 13.8. The average Bonchev–Trinajstić information content (AvgIpc) is 2.21. The smallest absolute Gasteiger partial charge is 0.341 e. The first kappa shape index (κ1) is 13.0. The first-order chi connectivity index (χ1) is 7.45. The van der Waals surface area contributed by atoms with Crippen LogP contribution in [0.25, 0.3) is 0 Å². The fourth-order valence-corrected chi connectivity index (χ4v) is 1.60. The molecule has 88 valence electrons. The van der Waals surface area contributed by atoms with E-state index < -0.39 is 11.8 Å². The number of carbonyl (C=O) groups is 1. The molecule has 0 atom stereocenters. The van der Waals surface area contributed by atoms with E-state index in [1.54, 1.807) is 13.8 Å². The molecular formula is C11H12BrFO3. The molecule has 0 fully saturated rings. The summed E-state index contributed by atoms with van der Waals surface area (Å²) in [5, 5.41) is 0. The highest BCUT2D eigenvalue weighted by Crippen LogP contribution is 2.27. The van der Waals surface area contributed by atoms with Gasteiger partial charge in [0.1, 0.15) is 5.56 Å². The Labute approximate surface area is 102 Å². The van der Waals surface area contributed by atoms with Gasteiger partial charge in [-0.05, 0) is 26.0 Å². The van der Waals surface area contributed by atoms with Gasteiger partial charge >= 0.3 is 5.97 Å². The topological polar surface area (TPSA) is 35.5 Å². The van der Waals surface area contributed by atoms with Crippen LogP contribution in [0.3, 0.4) is 0 Å². The van der Waals surface area contributed by atoms with Crippen molar-refractivity contribution >= 4 is 21.9 Å². The van der Waals surface area contributed by atoms with Crippen molar-refractivity contribution in [2.45, 2.75) is 20.0 Å². The summed E-state index contributed by atoms with van der Waals surface area (Å²) in [7, 11) is 1.20. The number of carbonyl (C=O) groups excluding carboxylic acids is 1. The summed E-state index contributed by atoms with van der Waals surface area (Å²) in [6.07, 6.45) is -0.172. The largest absolute Gasteiger partial charge is 0.488 e. The Bertz CT molecular complexity index is 404. The van der Waals surface area contributed by atoms with Crippen LogP contribution in [0.15, 0.2) is 16.6 Å². The zero-order valence-electron chi connectivity index (χ0n) is 9.21. The number of ether oxygens (including phenoxy) is 2. The van der Waals surface area contributed by atoms with Gasteiger partial charge in [0, 0.05) is 4.47 Å². The fraction of sp³-hybridized carbons (Fsp3) is 0.364. The third kappa shape index (κ3) is 2.95. The number of hydrogen-bond donors (Lipinski definition) is 0. The summed E-state index contributed by atoms with van der Waals surface area (Å²) in [5.41, 5.74) is -0.146. The molecular weight excluding hydrogens is 279 g/mol. The van der Waals surface area contributed by atoms with Crippen LogP contribution in [0, 0.1) is 5.82 Å². The molecule has 0 aliphatic heterocycles. The third-order valence-corrected chi connectivity index (χ3v) is 2.23. The molecule has 0 aliphatic carbocycles. The first-order valence-electron chi connectivity index (χ1n) is 4.69. The molecule has 0 saturated heterocycles. The summed E-state index contributed by atoms with van der Waals surface area (Å²) >= 11 is 3.18. The van der Waals surface area contributed by atoms with Gasteiger partial charge < -0.3 is 9.47 Å². The van der Waals surface area contributed by atoms with Crippen LogP contribution in [0.5, 0.6) is 5.75 Å². The van der Waals surface area contributed by atoms with E-state index in [4.69, 9.17) is 4.74 Å². The molecule has 0 aromatic heterocycles. The molecule has 0 unspecified atom stereocenters. The molecule has 16 heavy (non-hydrogen) atoms. The van der Waals surface area contributed by atoms with E-state index in [-0.39, 0.29) is 17.4 Å². The van der Waals surface area contributed by atoms with E-state index in [9.17, 15) is 9.18 Å². The molecule has 0 saturated carbocycles. The minimum absolute atomic E-state index is 0.0322. The lowest BCUT2D eigenvalue weighted by Gasteiger charge is -2.12. The maximum Gasteiger partial charge on any atom is 0.341 e. The van der Waals surface area contributed by atoms with Gasteiger partial charge in [-0.3, -0.25) is 0 Å². The maximum absolute atomic E-state index is 13.8. The van der Waals surface area contributed by atoms with Gasteiger partial charge in [0.05, 0.1) is 13.2 Å². The molecule has 0 spiro atoms. The Balaban J connectivity index is 3.20. The molecule has 1 aromatic rings. The second-order valence-electron chi connectivity index (χ2n) is 3.42. The summed E-state index contributed by atoms with van der Waals surface area (Å²) < 4.78 is 24.1. The molecule has 3 nitrogen and oxygen atoms in total. The third-order valence-electron chi connectivity index (χ3n) is 1.77. The predicted octanol–water partition coefficient (Wildman–Crippen LogP) is 3.16. The molecule has 1 rings (SSSR count). The quantitative estimate of drug-likeness (QED) is 0.802. The Kier molecular flexibility index (Phi) is 4.29. The zero-order valence-corrected chi connectivity index (χ0v) is 10.8. The number of benzene rings is 1. The van der Waals surface area contributed by atoms with Crippen molar-refractivity contribution in [2.75, 3.05) is 7.11 Å². The summed E-state index contributed by atoms with van der Waals surface area (Å²) in [6, 6.07) is 2.83. The number of esters is 1. The van der Waals surface area contributed by atoms with Crippen molar-refractivity contribution in [3.05, 3.63) is 28.0 Å². The van der Waals surface area contributed by atoms with E-state index in [1.807, 2.05) is 0 Å². The van der Waals surface area contributed by atoms with Crippen molar-refractivity contribution in [3.8, 4) is 5.75 Å². The van der Waals surface area contributed by atoms with Crippen LogP contribution in [0.2, 0.25) is 0 Å². The zero-order chi connectivity index (χ0) is 12.3. The van der Waals surface area contributed by atoms with Gasteiger partial charge in [0.25, 0.3) is 0 Å². The number of methoxy groups -OCH3 is 1. The van der Waals surface area contributed by atoms with E-state index >= 15 is 0 Å². The highest BCUT2D eigenvalue weighted by molar-refractivity contribution is 9.10. The molecule has 0 aliphatic rings.